The van der Waals surface area contributed by atoms with Crippen LogP contribution in [0.5, 0.6) is 0 Å². The van der Waals surface area contributed by atoms with Gasteiger partial charge in [-0.3, -0.25) is 4.98 Å². The van der Waals surface area contributed by atoms with E-state index in [1.54, 1.807) is 29.8 Å². The Labute approximate surface area is 257 Å². The average Bonchev–Trinajstić information content (AvgIpc) is 3.49. The summed E-state index contributed by atoms with van der Waals surface area (Å²) in [6.07, 6.45) is 12.1. The van der Waals surface area contributed by atoms with Gasteiger partial charge in [0.15, 0.2) is 0 Å². The van der Waals surface area contributed by atoms with Gasteiger partial charge in [-0.25, -0.2) is 8.42 Å². The van der Waals surface area contributed by atoms with Crippen molar-refractivity contribution in [3.63, 3.8) is 0 Å². The van der Waals surface area contributed by atoms with E-state index in [1.807, 2.05) is 23.9 Å². The van der Waals surface area contributed by atoms with Gasteiger partial charge in [0.1, 0.15) is 0 Å². The molecule has 2 aliphatic heterocycles. The number of sulfone groups is 1. The normalized spacial score (nSPS) is 23.9. The van der Waals surface area contributed by atoms with E-state index in [-0.39, 0.29) is 10.3 Å². The van der Waals surface area contributed by atoms with Crippen LogP contribution in [0.25, 0.3) is 0 Å². The Morgan fingerprint density at radius 2 is 1.55 bits per heavy atom. The third-order valence-corrected chi connectivity index (χ3v) is 13.1. The number of benzene rings is 2. The third-order valence-electron chi connectivity index (χ3n) is 10.6. The average molecular weight is 604 g/mol. The molecule has 42 heavy (non-hydrogen) atoms. The highest BCUT2D eigenvalue weighted by Gasteiger charge is 2.48. The molecule has 2 aromatic carbocycles. The molecule has 1 aliphatic carbocycles. The molecule has 0 bridgehead atoms. The van der Waals surface area contributed by atoms with Gasteiger partial charge >= 0.3 is 0 Å². The maximum Gasteiger partial charge on any atom is 0.206 e. The topological polar surface area (TPSA) is 53.5 Å². The smallest absolute Gasteiger partial charge is 0.206 e. The standard InChI is InChI=1S/C35H45N3O2S2/c1-35(29-8-4-3-5-9-29,34-10-6-7-28(34)26-41-2)30-17-21-37(22-18-30)23-27-24-38(25-27)31-11-13-32(14-12-31)42(39,40)33-15-19-36-20-16-33/h3-5,8-9,11-16,19-20,27-28,30,34H,6-7,10,17-18,21-26H2,1-2H3/t28-,34+,35?/m1/s1. The van der Waals surface area contributed by atoms with E-state index in [0.717, 1.165) is 43.1 Å². The molecule has 7 heteroatoms. The molecule has 3 fully saturated rings. The first-order valence-corrected chi connectivity index (χ1v) is 18.5. The van der Waals surface area contributed by atoms with Crippen LogP contribution in [0, 0.1) is 23.7 Å². The molecule has 1 saturated carbocycles. The van der Waals surface area contributed by atoms with Gasteiger partial charge in [-0.2, -0.15) is 11.8 Å². The molecule has 0 spiro atoms. The zero-order valence-corrected chi connectivity index (χ0v) is 26.7. The number of pyridine rings is 1. The molecule has 5 nitrogen and oxygen atoms in total. The second kappa shape index (κ2) is 12.7. The first-order chi connectivity index (χ1) is 20.4. The molecule has 0 amide bonds. The van der Waals surface area contributed by atoms with Crippen molar-refractivity contribution in [2.75, 3.05) is 49.6 Å². The Morgan fingerprint density at radius 3 is 2.21 bits per heavy atom. The van der Waals surface area contributed by atoms with Gasteiger partial charge in [-0.15, -0.1) is 0 Å². The van der Waals surface area contributed by atoms with Gasteiger partial charge in [-0.1, -0.05) is 43.7 Å². The minimum Gasteiger partial charge on any atom is -0.371 e. The van der Waals surface area contributed by atoms with Gasteiger partial charge < -0.3 is 9.80 Å². The first-order valence-electron chi connectivity index (χ1n) is 15.7. The van der Waals surface area contributed by atoms with E-state index in [1.165, 1.54) is 63.3 Å². The third kappa shape index (κ3) is 5.89. The van der Waals surface area contributed by atoms with E-state index < -0.39 is 9.84 Å². The monoisotopic (exact) mass is 603 g/mol. The van der Waals surface area contributed by atoms with Crippen LogP contribution in [-0.4, -0.2) is 63.0 Å². The molecule has 1 aromatic heterocycles. The minimum atomic E-state index is -3.51. The van der Waals surface area contributed by atoms with Crippen LogP contribution in [-0.2, 0) is 15.3 Å². The Bertz CT molecular complexity index is 1400. The van der Waals surface area contributed by atoms with Crippen LogP contribution in [0.1, 0.15) is 44.6 Å². The second-order valence-corrected chi connectivity index (χ2v) is 15.8. The first kappa shape index (κ1) is 29.7. The molecule has 0 N–H and O–H groups in total. The molecule has 3 aromatic rings. The molecule has 3 aliphatic rings. The van der Waals surface area contributed by atoms with Crippen molar-refractivity contribution in [2.45, 2.75) is 54.2 Å². The number of thioether (sulfide) groups is 1. The van der Waals surface area contributed by atoms with Crippen molar-refractivity contribution < 1.29 is 8.42 Å². The highest BCUT2D eigenvalue weighted by Crippen LogP contribution is 2.52. The SMILES string of the molecule is CSC[C@H]1CCC[C@@H]1C(C)(c1ccccc1)C1CCN(CC2CN(c3ccc(S(=O)(=O)c4ccncc4)cc3)C2)CC1. The van der Waals surface area contributed by atoms with Crippen molar-refractivity contribution in [1.82, 2.24) is 9.88 Å². The number of likely N-dealkylation sites (tertiary alicyclic amines) is 1. The molecule has 0 radical (unpaired) electrons. The van der Waals surface area contributed by atoms with E-state index >= 15 is 0 Å². The van der Waals surface area contributed by atoms with E-state index in [9.17, 15) is 8.42 Å². The summed E-state index contributed by atoms with van der Waals surface area (Å²) in [7, 11) is -3.51. The lowest BCUT2D eigenvalue weighted by atomic mass is 9.59. The summed E-state index contributed by atoms with van der Waals surface area (Å²) < 4.78 is 25.8. The fraction of sp³-hybridized carbons (Fsp3) is 0.514. The Hall–Kier alpha value is -2.35. The number of aromatic nitrogens is 1. The number of hydrogen-bond acceptors (Lipinski definition) is 6. The van der Waals surface area contributed by atoms with Gasteiger partial charge in [0.2, 0.25) is 9.84 Å². The number of hydrogen-bond donors (Lipinski definition) is 0. The highest BCUT2D eigenvalue weighted by molar-refractivity contribution is 7.98. The lowest BCUT2D eigenvalue weighted by molar-refractivity contribution is 0.0750. The maximum absolute atomic E-state index is 12.9. The van der Waals surface area contributed by atoms with Crippen LogP contribution in [0.2, 0.25) is 0 Å². The zero-order chi connectivity index (χ0) is 29.2. The van der Waals surface area contributed by atoms with Gasteiger partial charge in [0.05, 0.1) is 9.79 Å². The minimum absolute atomic E-state index is 0.258. The largest absolute Gasteiger partial charge is 0.371 e. The number of nitrogens with zero attached hydrogens (tertiary/aromatic N) is 3. The lowest BCUT2D eigenvalue weighted by Gasteiger charge is -2.50. The van der Waals surface area contributed by atoms with E-state index in [4.69, 9.17) is 0 Å². The quantitative estimate of drug-likeness (QED) is 0.254. The van der Waals surface area contributed by atoms with Crippen LogP contribution < -0.4 is 4.90 Å². The second-order valence-electron chi connectivity index (χ2n) is 12.9. The van der Waals surface area contributed by atoms with Crippen LogP contribution in [0.4, 0.5) is 5.69 Å². The van der Waals surface area contributed by atoms with E-state index in [2.05, 4.69) is 58.3 Å². The summed E-state index contributed by atoms with van der Waals surface area (Å²) in [5.74, 6) is 4.34. The van der Waals surface area contributed by atoms with Gasteiger partial charge in [0.25, 0.3) is 0 Å². The fourth-order valence-electron chi connectivity index (χ4n) is 8.26. The molecular formula is C35H45N3O2S2. The van der Waals surface area contributed by atoms with Crippen molar-refractivity contribution in [1.29, 1.82) is 0 Å². The Morgan fingerprint density at radius 1 is 0.881 bits per heavy atom. The fourth-order valence-corrected chi connectivity index (χ4v) is 10.3. The predicted molar refractivity (Wildman–Crippen MR) is 174 cm³/mol. The zero-order valence-electron chi connectivity index (χ0n) is 25.1. The number of rotatable bonds is 10. The molecule has 2 saturated heterocycles. The Kier molecular flexibility index (Phi) is 8.99. The van der Waals surface area contributed by atoms with Crippen LogP contribution in [0.3, 0.4) is 0 Å². The lowest BCUT2D eigenvalue weighted by Crippen LogP contribution is -2.53. The molecule has 1 unspecified atom stereocenters. The summed E-state index contributed by atoms with van der Waals surface area (Å²) in [5, 5.41) is 0. The van der Waals surface area contributed by atoms with Crippen LogP contribution in [0.15, 0.2) is 88.9 Å². The van der Waals surface area contributed by atoms with Crippen molar-refractivity contribution >= 4 is 27.3 Å². The maximum atomic E-state index is 12.9. The number of anilines is 1. The number of piperidine rings is 1. The summed E-state index contributed by atoms with van der Waals surface area (Å²) in [6, 6.07) is 21.9. The summed E-state index contributed by atoms with van der Waals surface area (Å²) in [6.45, 7) is 8.25. The molecule has 3 atom stereocenters. The summed E-state index contributed by atoms with van der Waals surface area (Å²) in [4.78, 5) is 9.63. The van der Waals surface area contributed by atoms with Gasteiger partial charge in [0, 0.05) is 43.6 Å². The van der Waals surface area contributed by atoms with Crippen molar-refractivity contribution in [3.8, 4) is 0 Å². The summed E-state index contributed by atoms with van der Waals surface area (Å²) in [5.41, 5.74) is 2.93. The molecular weight excluding hydrogens is 559 g/mol. The van der Waals surface area contributed by atoms with Gasteiger partial charge in [-0.05, 0) is 116 Å². The summed E-state index contributed by atoms with van der Waals surface area (Å²) >= 11 is 2.03. The van der Waals surface area contributed by atoms with Crippen molar-refractivity contribution in [3.05, 3.63) is 84.7 Å². The predicted octanol–water partition coefficient (Wildman–Crippen LogP) is 6.80. The van der Waals surface area contributed by atoms with Crippen molar-refractivity contribution in [2.24, 2.45) is 23.7 Å². The van der Waals surface area contributed by atoms with Crippen LogP contribution >= 0.6 is 11.8 Å². The molecule has 3 heterocycles. The van der Waals surface area contributed by atoms with E-state index in [0.29, 0.717) is 10.8 Å². The molecule has 6 rings (SSSR count). The molecule has 224 valence electrons. The Balaban J connectivity index is 1.04. The highest BCUT2D eigenvalue weighted by atomic mass is 32.2.